The summed E-state index contributed by atoms with van der Waals surface area (Å²) in [6, 6.07) is 0. The van der Waals surface area contributed by atoms with Gasteiger partial charge in [-0.25, -0.2) is 0 Å². The van der Waals surface area contributed by atoms with Gasteiger partial charge in [-0.1, -0.05) is 0 Å². The Morgan fingerprint density at radius 1 is 1.12 bits per heavy atom. The Labute approximate surface area is 94.0 Å². The molecule has 0 spiro atoms. The molecule has 0 aliphatic heterocycles. The second-order valence-corrected chi connectivity index (χ2v) is 1.34. The summed E-state index contributed by atoms with van der Waals surface area (Å²) >= 11 is 0. The van der Waals surface area contributed by atoms with Crippen molar-refractivity contribution >= 4 is 70.7 Å². The largest absolute Gasteiger partial charge is 3.00 e. The van der Waals surface area contributed by atoms with E-state index in [0.717, 1.165) is 0 Å². The van der Waals surface area contributed by atoms with Gasteiger partial charge in [0.25, 0.3) is 0 Å². The van der Waals surface area contributed by atoms with Gasteiger partial charge in [0.2, 0.25) is 0 Å². The molecule has 2 N–H and O–H groups in total. The first kappa shape index (κ1) is 22.5. The summed E-state index contributed by atoms with van der Waals surface area (Å²) in [5.74, 6) is 0. The molecular weight excluding hydrogens is 226 g/mol. The van der Waals surface area contributed by atoms with Crippen LogP contribution in [0.25, 0.3) is 0 Å². The summed E-state index contributed by atoms with van der Waals surface area (Å²) in [5.41, 5.74) is 0. The van der Waals surface area contributed by atoms with Crippen LogP contribution in [0.3, 0.4) is 0 Å². The van der Waals surface area contributed by atoms with Gasteiger partial charge in [0, 0.05) is 0 Å². The van der Waals surface area contributed by atoms with E-state index in [9.17, 15) is 0 Å². The van der Waals surface area contributed by atoms with Crippen LogP contribution in [0.1, 0.15) is 0 Å². The molecule has 8 heteroatoms. The van der Waals surface area contributed by atoms with Crippen LogP contribution in [0.2, 0.25) is 0 Å². The van der Waals surface area contributed by atoms with E-state index in [0.29, 0.717) is 0 Å². The Hall–Kier alpha value is 2.08. The van der Waals surface area contributed by atoms with Gasteiger partial charge in [-0.05, 0) is 0 Å². The molecule has 0 aromatic rings. The van der Waals surface area contributed by atoms with Gasteiger partial charge >= 0.3 is 62.8 Å². The molecule has 0 atom stereocenters. The molecule has 0 saturated carbocycles. The minimum atomic E-state index is -5.39. The van der Waals surface area contributed by atoms with Crippen molar-refractivity contribution in [2.24, 2.45) is 0 Å². The fourth-order valence-electron chi connectivity index (χ4n) is 0. The zero-order valence-electron chi connectivity index (χ0n) is 3.86. The first-order valence-corrected chi connectivity index (χ1v) is 2.19. The van der Waals surface area contributed by atoms with E-state index in [1.165, 1.54) is 0 Å². The molecule has 0 rings (SSSR count). The average Bonchev–Trinajstić information content (AvgIpc) is 0.722. The third-order valence-electron chi connectivity index (χ3n) is 0. The van der Waals surface area contributed by atoms with Gasteiger partial charge in [0.05, 0.1) is 0 Å². The van der Waals surface area contributed by atoms with Crippen LogP contribution in [0.15, 0.2) is 0 Å². The van der Waals surface area contributed by atoms with Crippen LogP contribution >= 0.6 is 7.82 Å². The zero-order chi connectivity index (χ0) is 4.50. The predicted octanol–water partition coefficient (Wildman–Crippen LogP) is -4.41. The van der Waals surface area contributed by atoms with Crippen molar-refractivity contribution in [3.63, 3.8) is 0 Å². The van der Waals surface area contributed by atoms with E-state index in [4.69, 9.17) is 19.2 Å². The van der Waals surface area contributed by atoms with E-state index >= 15 is 0 Å². The smallest absolute Gasteiger partial charge is 0.822 e. The molecule has 0 amide bonds. The van der Waals surface area contributed by atoms with Gasteiger partial charge in [0.1, 0.15) is 0 Å². The summed E-state index contributed by atoms with van der Waals surface area (Å²) < 4.78 is 8.55. The van der Waals surface area contributed by atoms with Gasteiger partial charge < -0.3 is 24.7 Å². The fraction of sp³-hybridized carbons (Fsp3) is 0. The third-order valence-corrected chi connectivity index (χ3v) is 0. The Bertz CT molecular complexity index is 58.6. The Kier molecular flexibility index (Phi) is 25.5. The van der Waals surface area contributed by atoms with Gasteiger partial charge in [-0.15, -0.1) is 0 Å². The Morgan fingerprint density at radius 3 is 1.12 bits per heavy atom. The van der Waals surface area contributed by atoms with Crippen molar-refractivity contribution < 1.29 is 24.7 Å². The molecule has 8 heavy (non-hydrogen) atoms. The molecule has 0 aromatic heterocycles. The van der Waals surface area contributed by atoms with Crippen LogP contribution < -0.4 is 14.7 Å². The van der Waals surface area contributed by atoms with Crippen LogP contribution in [-0.2, 0) is 4.57 Å². The second-order valence-electron chi connectivity index (χ2n) is 0.447. The van der Waals surface area contributed by atoms with Crippen molar-refractivity contribution in [2.45, 2.75) is 0 Å². The average molecular weight is 228 g/mol. The minimum Gasteiger partial charge on any atom is -0.822 e. The monoisotopic (exact) mass is 228 g/mol. The Morgan fingerprint density at radius 2 is 1.12 bits per heavy atom. The molecule has 0 unspecified atom stereocenters. The van der Waals surface area contributed by atoms with E-state index in [2.05, 4.69) is 0 Å². The molecule has 0 bridgehead atoms. The third kappa shape index (κ3) is 93.5. The normalized spacial score (nSPS) is 7.38. The zero-order valence-corrected chi connectivity index (χ0v) is 9.39. The maximum absolute atomic E-state index is 8.55. The van der Waals surface area contributed by atoms with Crippen molar-refractivity contribution in [1.82, 2.24) is 0 Å². The van der Waals surface area contributed by atoms with Crippen molar-refractivity contribution in [3.8, 4) is 0 Å². The molecule has 40 valence electrons. The summed E-state index contributed by atoms with van der Waals surface area (Å²) in [5, 5.41) is 0. The topological polar surface area (TPSA) is 118 Å². The molecule has 0 fully saturated rings. The standard InChI is InChI=1S/Al.H3O4P.H2O.Sr/c;1-5(2,3)4;;/h;(H3,1,2,3,4);1H2;/q+3;;;+2/p-3. The summed E-state index contributed by atoms with van der Waals surface area (Å²) in [6.07, 6.45) is 0. The van der Waals surface area contributed by atoms with E-state index < -0.39 is 7.82 Å². The van der Waals surface area contributed by atoms with E-state index in [1.807, 2.05) is 0 Å². The van der Waals surface area contributed by atoms with Crippen molar-refractivity contribution in [1.29, 1.82) is 0 Å². The molecule has 0 aromatic carbocycles. The van der Waals surface area contributed by atoms with E-state index in [1.54, 1.807) is 0 Å². The number of phosphoric acid groups is 1. The van der Waals surface area contributed by atoms with Crippen molar-refractivity contribution in [2.75, 3.05) is 0 Å². The SMILES string of the molecule is O.O=P([O-])([O-])[O-].[Al+3].[Sr+2]. The molecule has 0 heterocycles. The summed E-state index contributed by atoms with van der Waals surface area (Å²) in [6.45, 7) is 0. The van der Waals surface area contributed by atoms with Crippen LogP contribution in [-0.4, -0.2) is 68.3 Å². The maximum Gasteiger partial charge on any atom is 3.00 e. The van der Waals surface area contributed by atoms with Crippen LogP contribution in [0.4, 0.5) is 0 Å². The van der Waals surface area contributed by atoms with E-state index in [-0.39, 0.29) is 68.3 Å². The molecule has 0 saturated heterocycles. The molecule has 0 aliphatic carbocycles. The first-order valence-electron chi connectivity index (χ1n) is 0.730. The molecule has 0 radical (unpaired) electrons. The fourth-order valence-corrected chi connectivity index (χ4v) is 0. The van der Waals surface area contributed by atoms with Gasteiger partial charge in [-0.2, -0.15) is 7.82 Å². The molecule has 5 nitrogen and oxygen atoms in total. The quantitative estimate of drug-likeness (QED) is 0.307. The maximum atomic E-state index is 8.55. The predicted molar refractivity (Wildman–Crippen MR) is 22.7 cm³/mol. The van der Waals surface area contributed by atoms with Gasteiger partial charge in [0.15, 0.2) is 0 Å². The summed E-state index contributed by atoms with van der Waals surface area (Å²) in [7, 11) is -5.39. The molecule has 0 aliphatic rings. The number of hydrogen-bond donors (Lipinski definition) is 0. The minimum absolute atomic E-state index is 0. The van der Waals surface area contributed by atoms with Crippen LogP contribution in [0.5, 0.6) is 0 Å². The number of rotatable bonds is 0. The number of hydrogen-bond acceptors (Lipinski definition) is 4. The van der Waals surface area contributed by atoms with Gasteiger partial charge in [-0.3, -0.25) is 0 Å². The second kappa shape index (κ2) is 9.08. The summed E-state index contributed by atoms with van der Waals surface area (Å²) in [4.78, 5) is 25.6. The van der Waals surface area contributed by atoms with Crippen molar-refractivity contribution in [3.05, 3.63) is 0 Å². The molecular formula is H2AlO5PSr+2. The first-order chi connectivity index (χ1) is 2.00. The van der Waals surface area contributed by atoms with Crippen LogP contribution in [0, 0.1) is 0 Å². The Balaban J connectivity index is -0.0000000267.